The van der Waals surface area contributed by atoms with E-state index in [0.29, 0.717) is 0 Å². The number of benzene rings is 1. The molecule has 6 heteroatoms. The van der Waals surface area contributed by atoms with Gasteiger partial charge in [-0.2, -0.15) is 0 Å². The molecule has 0 radical (unpaired) electrons. The SMILES string of the molecule is CC(CC(N)=O)NC(=O)c1cc(F)ccc1N. The van der Waals surface area contributed by atoms with Crippen molar-refractivity contribution in [3.63, 3.8) is 0 Å². The number of hydrogen-bond donors (Lipinski definition) is 3. The maximum atomic E-state index is 12.9. The van der Waals surface area contributed by atoms with Gasteiger partial charge < -0.3 is 16.8 Å². The lowest BCUT2D eigenvalue weighted by atomic mass is 10.1. The average molecular weight is 239 g/mol. The molecule has 0 aliphatic heterocycles. The lowest BCUT2D eigenvalue weighted by Crippen LogP contribution is -2.36. The van der Waals surface area contributed by atoms with Crippen LogP contribution >= 0.6 is 0 Å². The Balaban J connectivity index is 2.76. The number of nitrogens with one attached hydrogen (secondary N) is 1. The van der Waals surface area contributed by atoms with Crippen molar-refractivity contribution in [2.75, 3.05) is 5.73 Å². The minimum Gasteiger partial charge on any atom is -0.398 e. The lowest BCUT2D eigenvalue weighted by molar-refractivity contribution is -0.118. The molecule has 1 atom stereocenters. The lowest BCUT2D eigenvalue weighted by Gasteiger charge is -2.13. The Morgan fingerprint density at radius 2 is 2.12 bits per heavy atom. The van der Waals surface area contributed by atoms with Crippen LogP contribution in [0.15, 0.2) is 18.2 Å². The summed E-state index contributed by atoms with van der Waals surface area (Å²) in [5.41, 5.74) is 10.8. The molecule has 92 valence electrons. The molecule has 0 saturated heterocycles. The molecular weight excluding hydrogens is 225 g/mol. The number of hydrogen-bond acceptors (Lipinski definition) is 3. The molecule has 1 unspecified atom stereocenters. The maximum Gasteiger partial charge on any atom is 0.253 e. The molecular formula is C11H14FN3O2. The molecule has 1 rings (SSSR count). The van der Waals surface area contributed by atoms with Gasteiger partial charge in [-0.15, -0.1) is 0 Å². The van der Waals surface area contributed by atoms with Crippen molar-refractivity contribution in [1.82, 2.24) is 5.32 Å². The number of amides is 2. The Labute approximate surface area is 98.0 Å². The van der Waals surface area contributed by atoms with E-state index >= 15 is 0 Å². The molecule has 1 aromatic rings. The quantitative estimate of drug-likeness (QED) is 0.663. The van der Waals surface area contributed by atoms with E-state index in [1.54, 1.807) is 6.92 Å². The van der Waals surface area contributed by atoms with Gasteiger partial charge in [0.25, 0.3) is 5.91 Å². The zero-order valence-electron chi connectivity index (χ0n) is 9.37. The highest BCUT2D eigenvalue weighted by Gasteiger charge is 2.14. The summed E-state index contributed by atoms with van der Waals surface area (Å²) < 4.78 is 12.9. The third-order valence-electron chi connectivity index (χ3n) is 2.14. The van der Waals surface area contributed by atoms with Gasteiger partial charge in [0.1, 0.15) is 5.82 Å². The highest BCUT2D eigenvalue weighted by Crippen LogP contribution is 2.13. The summed E-state index contributed by atoms with van der Waals surface area (Å²) in [6, 6.07) is 3.09. The molecule has 5 N–H and O–H groups in total. The second-order valence-electron chi connectivity index (χ2n) is 3.78. The number of primary amides is 1. The fourth-order valence-corrected chi connectivity index (χ4v) is 1.38. The summed E-state index contributed by atoms with van der Waals surface area (Å²) >= 11 is 0. The topological polar surface area (TPSA) is 98.2 Å². The molecule has 5 nitrogen and oxygen atoms in total. The predicted octanol–water partition coefficient (Wildman–Crippen LogP) is 0.402. The van der Waals surface area contributed by atoms with Crippen molar-refractivity contribution in [2.24, 2.45) is 5.73 Å². The Morgan fingerprint density at radius 3 is 2.71 bits per heavy atom. The van der Waals surface area contributed by atoms with Crippen LogP contribution in [0, 0.1) is 5.82 Å². The molecule has 0 aromatic heterocycles. The second kappa shape index (κ2) is 5.29. The summed E-state index contributed by atoms with van der Waals surface area (Å²) in [6.45, 7) is 1.62. The van der Waals surface area contributed by atoms with E-state index in [4.69, 9.17) is 11.5 Å². The van der Waals surface area contributed by atoms with Gasteiger partial charge in [-0.25, -0.2) is 4.39 Å². The molecule has 1 aromatic carbocycles. The molecule has 0 bridgehead atoms. The first kappa shape index (κ1) is 13.0. The van der Waals surface area contributed by atoms with Crippen molar-refractivity contribution in [3.05, 3.63) is 29.6 Å². The van der Waals surface area contributed by atoms with Crippen LogP contribution in [0.25, 0.3) is 0 Å². The smallest absolute Gasteiger partial charge is 0.253 e. The summed E-state index contributed by atoms with van der Waals surface area (Å²) in [5, 5.41) is 2.51. The normalized spacial score (nSPS) is 11.9. The van der Waals surface area contributed by atoms with Crippen molar-refractivity contribution in [3.8, 4) is 0 Å². The van der Waals surface area contributed by atoms with Crippen LogP contribution in [-0.4, -0.2) is 17.9 Å². The summed E-state index contributed by atoms with van der Waals surface area (Å²) in [7, 11) is 0. The third-order valence-corrected chi connectivity index (χ3v) is 2.14. The zero-order chi connectivity index (χ0) is 13.0. The average Bonchev–Trinajstić information content (AvgIpc) is 2.20. The van der Waals surface area contributed by atoms with Crippen LogP contribution in [0.5, 0.6) is 0 Å². The van der Waals surface area contributed by atoms with Gasteiger partial charge in [-0.1, -0.05) is 0 Å². The molecule has 2 amide bonds. The van der Waals surface area contributed by atoms with Gasteiger partial charge in [0, 0.05) is 18.2 Å². The first-order valence-electron chi connectivity index (χ1n) is 5.04. The Bertz CT molecular complexity index is 448. The predicted molar refractivity (Wildman–Crippen MR) is 61.6 cm³/mol. The molecule has 0 spiro atoms. The number of halogens is 1. The van der Waals surface area contributed by atoms with E-state index in [-0.39, 0.29) is 17.7 Å². The molecule has 0 aliphatic carbocycles. The Hall–Kier alpha value is -2.11. The molecule has 0 saturated carbocycles. The number of rotatable bonds is 4. The van der Waals surface area contributed by atoms with Gasteiger partial charge in [-0.3, -0.25) is 9.59 Å². The van der Waals surface area contributed by atoms with Crippen LogP contribution in [0.3, 0.4) is 0 Å². The van der Waals surface area contributed by atoms with E-state index in [9.17, 15) is 14.0 Å². The van der Waals surface area contributed by atoms with Crippen molar-refractivity contribution >= 4 is 17.5 Å². The summed E-state index contributed by atoms with van der Waals surface area (Å²) in [6.07, 6.45) is 0.0148. The number of nitrogens with two attached hydrogens (primary N) is 2. The van der Waals surface area contributed by atoms with Crippen molar-refractivity contribution in [2.45, 2.75) is 19.4 Å². The van der Waals surface area contributed by atoms with Crippen molar-refractivity contribution in [1.29, 1.82) is 0 Å². The first-order chi connectivity index (χ1) is 7.90. The van der Waals surface area contributed by atoms with Gasteiger partial charge in [0.05, 0.1) is 5.56 Å². The number of carbonyl (C=O) groups is 2. The Kier molecular flexibility index (Phi) is 4.03. The first-order valence-corrected chi connectivity index (χ1v) is 5.04. The fourth-order valence-electron chi connectivity index (χ4n) is 1.38. The summed E-state index contributed by atoms with van der Waals surface area (Å²) in [4.78, 5) is 22.3. The van der Waals surface area contributed by atoms with E-state index < -0.39 is 23.7 Å². The molecule has 17 heavy (non-hydrogen) atoms. The number of carbonyl (C=O) groups excluding carboxylic acids is 2. The standard InChI is InChI=1S/C11H14FN3O2/c1-6(4-10(14)16)15-11(17)8-5-7(12)2-3-9(8)13/h2-3,5-6H,4,13H2,1H3,(H2,14,16)(H,15,17). The van der Waals surface area contributed by atoms with Crippen LogP contribution in [0.2, 0.25) is 0 Å². The van der Waals surface area contributed by atoms with Crippen LogP contribution < -0.4 is 16.8 Å². The van der Waals surface area contributed by atoms with Crippen LogP contribution in [0.4, 0.5) is 10.1 Å². The van der Waals surface area contributed by atoms with Crippen molar-refractivity contribution < 1.29 is 14.0 Å². The van der Waals surface area contributed by atoms with Gasteiger partial charge in [0.2, 0.25) is 5.91 Å². The third kappa shape index (κ3) is 3.75. The molecule has 0 aliphatic rings. The van der Waals surface area contributed by atoms with E-state index in [1.165, 1.54) is 12.1 Å². The molecule has 0 heterocycles. The largest absolute Gasteiger partial charge is 0.398 e. The van der Waals surface area contributed by atoms with E-state index in [1.807, 2.05) is 0 Å². The maximum absolute atomic E-state index is 12.9. The fraction of sp³-hybridized carbons (Fsp3) is 0.273. The molecule has 0 fully saturated rings. The second-order valence-corrected chi connectivity index (χ2v) is 3.78. The van der Waals surface area contributed by atoms with Gasteiger partial charge in [-0.05, 0) is 25.1 Å². The highest BCUT2D eigenvalue weighted by molar-refractivity contribution is 5.99. The van der Waals surface area contributed by atoms with Crippen LogP contribution in [-0.2, 0) is 4.79 Å². The van der Waals surface area contributed by atoms with E-state index in [0.717, 1.165) is 6.07 Å². The Morgan fingerprint density at radius 1 is 1.47 bits per heavy atom. The van der Waals surface area contributed by atoms with E-state index in [2.05, 4.69) is 5.32 Å². The number of anilines is 1. The van der Waals surface area contributed by atoms with Gasteiger partial charge in [0.15, 0.2) is 0 Å². The minimum atomic E-state index is -0.549. The number of nitrogen functional groups attached to an aromatic ring is 1. The summed E-state index contributed by atoms with van der Waals surface area (Å²) in [5.74, 6) is -1.60. The zero-order valence-corrected chi connectivity index (χ0v) is 9.37. The van der Waals surface area contributed by atoms with Crippen LogP contribution in [0.1, 0.15) is 23.7 Å². The highest BCUT2D eigenvalue weighted by atomic mass is 19.1. The monoisotopic (exact) mass is 239 g/mol. The van der Waals surface area contributed by atoms with Gasteiger partial charge >= 0.3 is 0 Å². The minimum absolute atomic E-state index is 0.0148.